The predicted octanol–water partition coefficient (Wildman–Crippen LogP) is 1.89. The van der Waals surface area contributed by atoms with E-state index in [1.165, 1.54) is 0 Å². The van der Waals surface area contributed by atoms with Gasteiger partial charge in [0, 0.05) is 12.5 Å². The number of hydrogen-bond acceptors (Lipinski definition) is 3. The van der Waals surface area contributed by atoms with Crippen molar-refractivity contribution < 1.29 is 19.0 Å². The molecule has 3 nitrogen and oxygen atoms in total. The van der Waals surface area contributed by atoms with E-state index in [1.807, 2.05) is 0 Å². The summed E-state index contributed by atoms with van der Waals surface area (Å²) in [7, 11) is 0. The van der Waals surface area contributed by atoms with Gasteiger partial charge in [-0.2, -0.15) is 0 Å². The van der Waals surface area contributed by atoms with Crippen LogP contribution in [0.15, 0.2) is 12.1 Å². The molecule has 4 heteroatoms. The van der Waals surface area contributed by atoms with Gasteiger partial charge in [0.05, 0.1) is 12.2 Å². The Morgan fingerprint density at radius 3 is 3.00 bits per heavy atom. The smallest absolute Gasteiger partial charge is 0.166 e. The summed E-state index contributed by atoms with van der Waals surface area (Å²) in [6.07, 6.45) is 0.979. The molecule has 0 aromatic heterocycles. The first-order chi connectivity index (χ1) is 6.68. The summed E-state index contributed by atoms with van der Waals surface area (Å²) in [6, 6.07) is 2.17. The summed E-state index contributed by atoms with van der Waals surface area (Å²) in [5, 5.41) is 9.09. The van der Waals surface area contributed by atoms with Crippen molar-refractivity contribution in [1.29, 1.82) is 0 Å². The second-order valence-corrected chi connectivity index (χ2v) is 3.17. The molecule has 0 saturated heterocycles. The highest BCUT2D eigenvalue weighted by atomic mass is 19.1. The van der Waals surface area contributed by atoms with Gasteiger partial charge in [0.2, 0.25) is 0 Å². The zero-order valence-corrected chi connectivity index (χ0v) is 7.42. The summed E-state index contributed by atoms with van der Waals surface area (Å²) in [5.74, 6) is -1.15. The van der Waals surface area contributed by atoms with Crippen molar-refractivity contribution in [3.8, 4) is 11.5 Å². The Labute approximate surface area is 80.1 Å². The Morgan fingerprint density at radius 1 is 1.43 bits per heavy atom. The third-order valence-electron chi connectivity index (χ3n) is 2.16. The normalized spacial score (nSPS) is 15.6. The fourth-order valence-corrected chi connectivity index (χ4v) is 1.43. The minimum absolute atomic E-state index is 0.142. The topological polar surface area (TPSA) is 46.5 Å². The van der Waals surface area contributed by atoms with Gasteiger partial charge in [0.15, 0.2) is 17.3 Å². The number of carbonyl (C=O) groups is 1. The van der Waals surface area contributed by atoms with E-state index >= 15 is 0 Å². The van der Waals surface area contributed by atoms with Crippen molar-refractivity contribution in [2.75, 3.05) is 6.61 Å². The molecule has 0 aliphatic carbocycles. The van der Waals surface area contributed by atoms with Crippen molar-refractivity contribution in [2.45, 2.75) is 12.8 Å². The van der Waals surface area contributed by atoms with E-state index in [0.29, 0.717) is 19.4 Å². The van der Waals surface area contributed by atoms with E-state index in [2.05, 4.69) is 0 Å². The molecule has 1 aromatic rings. The SMILES string of the molecule is O=C1CCCOc2cc(O)c(F)cc21. The van der Waals surface area contributed by atoms with Gasteiger partial charge in [-0.15, -0.1) is 0 Å². The fourth-order valence-electron chi connectivity index (χ4n) is 1.43. The molecule has 0 atom stereocenters. The molecule has 74 valence electrons. The van der Waals surface area contributed by atoms with Crippen molar-refractivity contribution in [3.05, 3.63) is 23.5 Å². The molecular formula is C10H9FO3. The van der Waals surface area contributed by atoms with Gasteiger partial charge in [-0.25, -0.2) is 4.39 Å². The quantitative estimate of drug-likeness (QED) is 0.689. The largest absolute Gasteiger partial charge is 0.505 e. The van der Waals surface area contributed by atoms with E-state index in [4.69, 9.17) is 9.84 Å². The van der Waals surface area contributed by atoms with Crippen LogP contribution in [-0.2, 0) is 0 Å². The molecule has 1 aliphatic rings. The van der Waals surface area contributed by atoms with Gasteiger partial charge < -0.3 is 9.84 Å². The molecular weight excluding hydrogens is 187 g/mol. The average Bonchev–Trinajstić information content (AvgIpc) is 2.31. The molecule has 1 aromatic carbocycles. The van der Waals surface area contributed by atoms with Crippen LogP contribution in [0.2, 0.25) is 0 Å². The third-order valence-corrected chi connectivity index (χ3v) is 2.16. The Balaban J connectivity index is 2.54. The molecule has 0 fully saturated rings. The van der Waals surface area contributed by atoms with Gasteiger partial charge in [0.1, 0.15) is 5.75 Å². The van der Waals surface area contributed by atoms with E-state index in [0.717, 1.165) is 12.1 Å². The van der Waals surface area contributed by atoms with Crippen molar-refractivity contribution in [2.24, 2.45) is 0 Å². The van der Waals surface area contributed by atoms with Gasteiger partial charge in [-0.05, 0) is 12.5 Å². The Bertz CT molecular complexity index is 387. The summed E-state index contributed by atoms with van der Waals surface area (Å²) in [5.41, 5.74) is 0.220. The highest BCUT2D eigenvalue weighted by Crippen LogP contribution is 2.30. The number of ketones is 1. The first-order valence-corrected chi connectivity index (χ1v) is 4.37. The molecule has 0 saturated carbocycles. The van der Waals surface area contributed by atoms with Crippen LogP contribution in [0.5, 0.6) is 11.5 Å². The number of carbonyl (C=O) groups excluding carboxylic acids is 1. The van der Waals surface area contributed by atoms with E-state index in [1.54, 1.807) is 0 Å². The molecule has 0 unspecified atom stereocenters. The number of ether oxygens (including phenoxy) is 1. The first-order valence-electron chi connectivity index (χ1n) is 4.37. The lowest BCUT2D eigenvalue weighted by molar-refractivity contribution is 0.0982. The Kier molecular flexibility index (Phi) is 2.11. The molecule has 1 N–H and O–H groups in total. The summed E-state index contributed by atoms with van der Waals surface area (Å²) in [6.45, 7) is 0.420. The monoisotopic (exact) mass is 196 g/mol. The number of halogens is 1. The number of benzene rings is 1. The molecule has 14 heavy (non-hydrogen) atoms. The lowest BCUT2D eigenvalue weighted by Crippen LogP contribution is -1.98. The molecule has 1 aliphatic heterocycles. The van der Waals surface area contributed by atoms with Gasteiger partial charge in [0.25, 0.3) is 0 Å². The number of phenols is 1. The second kappa shape index (κ2) is 3.29. The lowest BCUT2D eigenvalue weighted by atomic mass is 10.1. The molecule has 0 radical (unpaired) electrons. The van der Waals surface area contributed by atoms with E-state index < -0.39 is 11.6 Å². The van der Waals surface area contributed by atoms with E-state index in [9.17, 15) is 9.18 Å². The van der Waals surface area contributed by atoms with Crippen molar-refractivity contribution >= 4 is 5.78 Å². The van der Waals surface area contributed by atoms with Crippen LogP contribution in [0.3, 0.4) is 0 Å². The number of rotatable bonds is 0. The predicted molar refractivity (Wildman–Crippen MR) is 47.1 cm³/mol. The van der Waals surface area contributed by atoms with Crippen LogP contribution in [0.4, 0.5) is 4.39 Å². The van der Waals surface area contributed by atoms with Crippen LogP contribution in [0.25, 0.3) is 0 Å². The number of Topliss-reactive ketones (excluding diaryl/α,β-unsaturated/α-hetero) is 1. The fraction of sp³-hybridized carbons (Fsp3) is 0.300. The number of fused-ring (bicyclic) bond motifs is 1. The van der Waals surface area contributed by atoms with Gasteiger partial charge in [-0.3, -0.25) is 4.79 Å². The maximum atomic E-state index is 13.0. The zero-order valence-electron chi connectivity index (χ0n) is 7.42. The Hall–Kier alpha value is -1.58. The van der Waals surface area contributed by atoms with Crippen molar-refractivity contribution in [1.82, 2.24) is 0 Å². The standard InChI is InChI=1S/C10H9FO3/c11-7-4-6-8(12)2-1-3-14-10(6)5-9(7)13/h4-5,13H,1-3H2. The Morgan fingerprint density at radius 2 is 2.21 bits per heavy atom. The van der Waals surface area contributed by atoms with Gasteiger partial charge in [-0.1, -0.05) is 0 Å². The van der Waals surface area contributed by atoms with Gasteiger partial charge >= 0.3 is 0 Å². The second-order valence-electron chi connectivity index (χ2n) is 3.17. The highest BCUT2D eigenvalue weighted by Gasteiger charge is 2.19. The zero-order chi connectivity index (χ0) is 10.1. The highest BCUT2D eigenvalue weighted by molar-refractivity contribution is 5.99. The number of phenolic OH excluding ortho intramolecular Hbond substituents is 1. The molecule has 0 amide bonds. The number of hydrogen-bond donors (Lipinski definition) is 1. The third kappa shape index (κ3) is 1.43. The summed E-state index contributed by atoms with van der Waals surface area (Å²) in [4.78, 5) is 11.4. The molecule has 2 rings (SSSR count). The minimum atomic E-state index is -0.789. The first kappa shape index (κ1) is 8.99. The van der Waals surface area contributed by atoms with Crippen LogP contribution in [-0.4, -0.2) is 17.5 Å². The molecule has 1 heterocycles. The van der Waals surface area contributed by atoms with Crippen LogP contribution >= 0.6 is 0 Å². The lowest BCUT2D eigenvalue weighted by Gasteiger charge is -2.06. The van der Waals surface area contributed by atoms with Crippen LogP contribution in [0, 0.1) is 5.82 Å². The van der Waals surface area contributed by atoms with E-state index in [-0.39, 0.29) is 17.1 Å². The molecule has 0 bridgehead atoms. The van der Waals surface area contributed by atoms with Crippen LogP contribution < -0.4 is 4.74 Å². The van der Waals surface area contributed by atoms with Crippen molar-refractivity contribution in [3.63, 3.8) is 0 Å². The summed E-state index contributed by atoms with van der Waals surface area (Å²) < 4.78 is 18.2. The maximum Gasteiger partial charge on any atom is 0.166 e. The van der Waals surface area contributed by atoms with Crippen LogP contribution in [0.1, 0.15) is 23.2 Å². The molecule has 0 spiro atoms. The number of aromatic hydroxyl groups is 1. The average molecular weight is 196 g/mol. The summed E-state index contributed by atoms with van der Waals surface area (Å²) >= 11 is 0. The maximum absolute atomic E-state index is 13.0. The minimum Gasteiger partial charge on any atom is -0.505 e.